The van der Waals surface area contributed by atoms with Crippen LogP contribution in [0.15, 0.2) is 12.7 Å². The van der Waals surface area contributed by atoms with Gasteiger partial charge in [0.25, 0.3) is 0 Å². The van der Waals surface area contributed by atoms with Crippen LogP contribution in [0.3, 0.4) is 0 Å². The van der Waals surface area contributed by atoms with Gasteiger partial charge in [-0.05, 0) is 6.42 Å². The van der Waals surface area contributed by atoms with Gasteiger partial charge < -0.3 is 4.74 Å². The van der Waals surface area contributed by atoms with Crippen molar-refractivity contribution >= 4 is 35.5 Å². The monoisotopic (exact) mass is 264 g/mol. The van der Waals surface area contributed by atoms with Crippen molar-refractivity contribution < 1.29 is 9.53 Å². The van der Waals surface area contributed by atoms with Crippen molar-refractivity contribution in [1.29, 1.82) is 0 Å². The molecule has 0 spiro atoms. The zero-order valence-corrected chi connectivity index (χ0v) is 11.4. The van der Waals surface area contributed by atoms with Gasteiger partial charge in [-0.1, -0.05) is 71.3 Å². The van der Waals surface area contributed by atoms with Crippen molar-refractivity contribution in [2.24, 2.45) is 0 Å². The number of carbonyl (C=O) groups is 1. The van der Waals surface area contributed by atoms with Gasteiger partial charge in [0.05, 0.1) is 6.61 Å². The SMILES string of the molecule is C=CC(=O)OCCCCCCCCCCCC.[NaH]. The van der Waals surface area contributed by atoms with Crippen molar-refractivity contribution in [1.82, 2.24) is 0 Å². The molecule has 0 N–H and O–H groups in total. The minimum atomic E-state index is -0.305. The summed E-state index contributed by atoms with van der Waals surface area (Å²) in [5, 5.41) is 0. The maximum atomic E-state index is 10.7. The van der Waals surface area contributed by atoms with Crippen LogP contribution in [-0.4, -0.2) is 42.1 Å². The van der Waals surface area contributed by atoms with Crippen LogP contribution in [0.2, 0.25) is 0 Å². The first-order chi connectivity index (χ1) is 8.31. The Balaban J connectivity index is 0. The molecule has 0 saturated carbocycles. The Hall–Kier alpha value is 0.210. The Labute approximate surface area is 135 Å². The average Bonchev–Trinajstić information content (AvgIpc) is 2.35. The summed E-state index contributed by atoms with van der Waals surface area (Å²) in [5.41, 5.74) is 0. The van der Waals surface area contributed by atoms with E-state index in [0.717, 1.165) is 6.42 Å². The molecule has 18 heavy (non-hydrogen) atoms. The van der Waals surface area contributed by atoms with Gasteiger partial charge in [0.2, 0.25) is 0 Å². The molecule has 0 aliphatic rings. The average molecular weight is 264 g/mol. The Morgan fingerprint density at radius 2 is 1.39 bits per heavy atom. The Kier molecular flexibility index (Phi) is 19.6. The third-order valence-electron chi connectivity index (χ3n) is 2.91. The van der Waals surface area contributed by atoms with E-state index in [0.29, 0.717) is 6.61 Å². The molecule has 0 saturated heterocycles. The van der Waals surface area contributed by atoms with Crippen LogP contribution >= 0.6 is 0 Å². The summed E-state index contributed by atoms with van der Waals surface area (Å²) in [6.45, 7) is 6.15. The molecule has 0 heterocycles. The molecule has 0 atom stereocenters. The number of rotatable bonds is 12. The second kappa shape index (κ2) is 17.2. The van der Waals surface area contributed by atoms with Gasteiger partial charge in [0.1, 0.15) is 0 Å². The Morgan fingerprint density at radius 1 is 0.944 bits per heavy atom. The van der Waals surface area contributed by atoms with Crippen molar-refractivity contribution in [2.75, 3.05) is 6.61 Å². The fourth-order valence-corrected chi connectivity index (χ4v) is 1.82. The Bertz CT molecular complexity index is 193. The first-order valence-corrected chi connectivity index (χ1v) is 7.10. The Morgan fingerprint density at radius 3 is 1.83 bits per heavy atom. The van der Waals surface area contributed by atoms with Gasteiger partial charge in [0.15, 0.2) is 0 Å². The van der Waals surface area contributed by atoms with Gasteiger partial charge in [-0.25, -0.2) is 4.79 Å². The van der Waals surface area contributed by atoms with Crippen LogP contribution in [0.4, 0.5) is 0 Å². The van der Waals surface area contributed by atoms with Crippen LogP contribution in [0.25, 0.3) is 0 Å². The molecule has 2 nitrogen and oxygen atoms in total. The summed E-state index contributed by atoms with van der Waals surface area (Å²) in [5.74, 6) is -0.305. The van der Waals surface area contributed by atoms with Crippen LogP contribution < -0.4 is 0 Å². The van der Waals surface area contributed by atoms with Gasteiger partial charge in [-0.15, -0.1) is 0 Å². The number of esters is 1. The molecule has 0 aromatic heterocycles. The number of hydrogen-bond acceptors (Lipinski definition) is 2. The molecule has 0 aliphatic carbocycles. The number of carbonyl (C=O) groups excluding carboxylic acids is 1. The zero-order chi connectivity index (χ0) is 12.8. The van der Waals surface area contributed by atoms with E-state index in [1.54, 1.807) is 0 Å². The summed E-state index contributed by atoms with van der Waals surface area (Å²) in [6, 6.07) is 0. The first kappa shape index (κ1) is 20.5. The van der Waals surface area contributed by atoms with Crippen molar-refractivity contribution in [3.63, 3.8) is 0 Å². The van der Waals surface area contributed by atoms with Crippen molar-refractivity contribution in [3.8, 4) is 0 Å². The van der Waals surface area contributed by atoms with Gasteiger partial charge >= 0.3 is 35.5 Å². The molecule has 0 rings (SSSR count). The molecule has 0 fully saturated rings. The minimum absolute atomic E-state index is 0. The van der Waals surface area contributed by atoms with Crippen LogP contribution in [0.1, 0.15) is 71.1 Å². The molecular formula is C15H29NaO2. The predicted octanol–water partition coefficient (Wildman–Crippen LogP) is 3.99. The summed E-state index contributed by atoms with van der Waals surface area (Å²) in [6.07, 6.45) is 14.2. The second-order valence-corrected chi connectivity index (χ2v) is 4.55. The van der Waals surface area contributed by atoms with E-state index in [1.807, 2.05) is 0 Å². The third kappa shape index (κ3) is 16.2. The predicted molar refractivity (Wildman–Crippen MR) is 80.1 cm³/mol. The van der Waals surface area contributed by atoms with E-state index in [9.17, 15) is 4.79 Å². The van der Waals surface area contributed by atoms with E-state index in [2.05, 4.69) is 13.5 Å². The van der Waals surface area contributed by atoms with Gasteiger partial charge in [-0.2, -0.15) is 0 Å². The van der Waals surface area contributed by atoms with E-state index >= 15 is 0 Å². The van der Waals surface area contributed by atoms with E-state index in [1.165, 1.54) is 63.9 Å². The molecule has 0 aromatic carbocycles. The van der Waals surface area contributed by atoms with Crippen molar-refractivity contribution in [2.45, 2.75) is 71.1 Å². The molecule has 3 heteroatoms. The van der Waals surface area contributed by atoms with Gasteiger partial charge in [-0.3, -0.25) is 0 Å². The maximum absolute atomic E-state index is 10.7. The number of hydrogen-bond donors (Lipinski definition) is 0. The molecule has 0 amide bonds. The topological polar surface area (TPSA) is 26.3 Å². The summed E-state index contributed by atoms with van der Waals surface area (Å²) in [7, 11) is 0. The fourth-order valence-electron chi connectivity index (χ4n) is 1.82. The summed E-state index contributed by atoms with van der Waals surface area (Å²) in [4.78, 5) is 10.7. The van der Waals surface area contributed by atoms with Crippen LogP contribution in [-0.2, 0) is 9.53 Å². The van der Waals surface area contributed by atoms with E-state index in [4.69, 9.17) is 4.74 Å². The van der Waals surface area contributed by atoms with Gasteiger partial charge in [0, 0.05) is 6.08 Å². The number of unbranched alkanes of at least 4 members (excludes halogenated alkanes) is 9. The molecule has 0 aromatic rings. The van der Waals surface area contributed by atoms with Crippen molar-refractivity contribution in [3.05, 3.63) is 12.7 Å². The molecular weight excluding hydrogens is 235 g/mol. The molecule has 102 valence electrons. The first-order valence-electron chi connectivity index (χ1n) is 7.10. The standard InChI is InChI=1S/C15H28O2.Na.H/c1-3-5-6-7-8-9-10-11-12-13-14-17-15(16)4-2;;/h4H,2-3,5-14H2,1H3;;. The summed E-state index contributed by atoms with van der Waals surface area (Å²) >= 11 is 0. The summed E-state index contributed by atoms with van der Waals surface area (Å²) < 4.78 is 4.91. The second-order valence-electron chi connectivity index (χ2n) is 4.55. The fraction of sp³-hybridized carbons (Fsp3) is 0.800. The third-order valence-corrected chi connectivity index (χ3v) is 2.91. The zero-order valence-electron chi connectivity index (χ0n) is 11.4. The molecule has 0 bridgehead atoms. The molecule has 0 unspecified atom stereocenters. The van der Waals surface area contributed by atoms with Crippen LogP contribution in [0.5, 0.6) is 0 Å². The number of ether oxygens (including phenoxy) is 1. The van der Waals surface area contributed by atoms with Crippen LogP contribution in [0, 0.1) is 0 Å². The quantitative estimate of drug-likeness (QED) is 0.230. The van der Waals surface area contributed by atoms with E-state index in [-0.39, 0.29) is 35.5 Å². The normalized spacial score (nSPS) is 9.61. The van der Waals surface area contributed by atoms with E-state index < -0.39 is 0 Å². The molecule has 0 radical (unpaired) electrons. The molecule has 0 aliphatic heterocycles.